The average Bonchev–Trinajstić information content (AvgIpc) is 2.26. The lowest BCUT2D eigenvalue weighted by Crippen LogP contribution is -2.39. The summed E-state index contributed by atoms with van der Waals surface area (Å²) in [5.74, 6) is 7.59. The third-order valence-corrected chi connectivity index (χ3v) is 3.60. The van der Waals surface area contributed by atoms with Gasteiger partial charge in [-0.25, -0.2) is 5.84 Å². The predicted octanol–water partition coefficient (Wildman–Crippen LogP) is 0.780. The Morgan fingerprint density at radius 3 is 3.07 bits per heavy atom. The Morgan fingerprint density at radius 2 is 2.50 bits per heavy atom. The topological polar surface area (TPSA) is 59.6 Å². The van der Waals surface area contributed by atoms with Crippen LogP contribution < -0.4 is 11.3 Å². The van der Waals surface area contributed by atoms with E-state index in [1.165, 1.54) is 25.0 Å². The van der Waals surface area contributed by atoms with Crippen molar-refractivity contribution >= 4 is 17.6 Å². The smallest absolute Gasteiger partial charge is 0.124 e. The van der Waals surface area contributed by atoms with Gasteiger partial charge in [-0.2, -0.15) is 11.8 Å². The summed E-state index contributed by atoms with van der Waals surface area (Å²) in [6.07, 6.45) is 3.78. The molecule has 82 valence electrons. The van der Waals surface area contributed by atoms with E-state index in [2.05, 4.69) is 10.4 Å². The highest BCUT2D eigenvalue weighted by atomic mass is 32.2. The average molecular weight is 217 g/mol. The van der Waals surface area contributed by atoms with Crippen molar-refractivity contribution in [2.24, 2.45) is 10.8 Å². The molecule has 1 aliphatic heterocycles. The molecule has 1 heterocycles. The number of nitrogens with two attached hydrogens (primary N) is 1. The first-order chi connectivity index (χ1) is 6.88. The Labute approximate surface area is 89.6 Å². The highest BCUT2D eigenvalue weighted by molar-refractivity contribution is 8.00. The van der Waals surface area contributed by atoms with Crippen LogP contribution >= 0.6 is 11.8 Å². The van der Waals surface area contributed by atoms with E-state index in [4.69, 9.17) is 10.6 Å². The summed E-state index contributed by atoms with van der Waals surface area (Å²) >= 11 is 1.94. The zero-order valence-electron chi connectivity index (χ0n) is 8.66. The Kier molecular flexibility index (Phi) is 5.98. The molecule has 0 saturated carbocycles. The Bertz CT molecular complexity index is 181. The molecule has 1 aliphatic rings. The van der Waals surface area contributed by atoms with Crippen molar-refractivity contribution < 1.29 is 4.74 Å². The normalized spacial score (nSPS) is 23.6. The first-order valence-corrected chi connectivity index (χ1v) is 6.05. The molecule has 1 unspecified atom stereocenters. The highest BCUT2D eigenvalue weighted by Crippen LogP contribution is 2.25. The molecule has 0 aromatic heterocycles. The second kappa shape index (κ2) is 7.09. The molecule has 0 amide bonds. The largest absolute Gasteiger partial charge is 0.383 e. The van der Waals surface area contributed by atoms with E-state index < -0.39 is 0 Å². The van der Waals surface area contributed by atoms with Crippen LogP contribution in [0.3, 0.4) is 0 Å². The van der Waals surface area contributed by atoms with Crippen LogP contribution in [0.25, 0.3) is 0 Å². The lowest BCUT2D eigenvalue weighted by molar-refractivity contribution is 0.208. The number of methoxy groups -OCH3 is 1. The van der Waals surface area contributed by atoms with E-state index in [0.717, 1.165) is 5.84 Å². The molecule has 0 aromatic carbocycles. The number of thioether (sulfide) groups is 1. The number of amidine groups is 1. The van der Waals surface area contributed by atoms with Gasteiger partial charge in [-0.15, -0.1) is 0 Å². The fourth-order valence-electron chi connectivity index (χ4n) is 1.45. The number of hydrogen-bond acceptors (Lipinski definition) is 4. The van der Waals surface area contributed by atoms with Gasteiger partial charge in [0.15, 0.2) is 0 Å². The van der Waals surface area contributed by atoms with Crippen molar-refractivity contribution in [2.45, 2.75) is 24.5 Å². The van der Waals surface area contributed by atoms with Crippen LogP contribution in [0.2, 0.25) is 0 Å². The van der Waals surface area contributed by atoms with Gasteiger partial charge < -0.3 is 10.2 Å². The van der Waals surface area contributed by atoms with Crippen LogP contribution in [0.4, 0.5) is 0 Å². The predicted molar refractivity (Wildman–Crippen MR) is 61.6 cm³/mol. The van der Waals surface area contributed by atoms with Crippen molar-refractivity contribution in [3.63, 3.8) is 0 Å². The molecule has 4 nitrogen and oxygen atoms in total. The second-order valence-electron chi connectivity index (χ2n) is 3.26. The lowest BCUT2D eigenvalue weighted by atomic mass is 10.2. The van der Waals surface area contributed by atoms with Gasteiger partial charge in [0.1, 0.15) is 5.84 Å². The molecule has 0 radical (unpaired) electrons. The van der Waals surface area contributed by atoms with Gasteiger partial charge in [0.05, 0.1) is 18.4 Å². The molecule has 14 heavy (non-hydrogen) atoms. The SMILES string of the molecule is COCCN=C(NN)C1CCCCS1. The van der Waals surface area contributed by atoms with Crippen LogP contribution in [0.1, 0.15) is 19.3 Å². The zero-order chi connectivity index (χ0) is 10.2. The van der Waals surface area contributed by atoms with Crippen molar-refractivity contribution in [3.8, 4) is 0 Å². The Balaban J connectivity index is 2.38. The highest BCUT2D eigenvalue weighted by Gasteiger charge is 2.18. The molecular formula is C9H19N3OS. The standard InChI is InChI=1S/C9H19N3OS/c1-13-6-5-11-9(12-10)8-4-2-3-7-14-8/h8H,2-7,10H2,1H3,(H,11,12). The van der Waals surface area contributed by atoms with E-state index in [-0.39, 0.29) is 0 Å². The number of aliphatic imine (C=N–C) groups is 1. The monoisotopic (exact) mass is 217 g/mol. The number of nitrogens with zero attached hydrogens (tertiary/aromatic N) is 1. The summed E-state index contributed by atoms with van der Waals surface area (Å²) in [6.45, 7) is 1.34. The second-order valence-corrected chi connectivity index (χ2v) is 4.57. The van der Waals surface area contributed by atoms with Crippen LogP contribution in [-0.4, -0.2) is 37.1 Å². The molecule has 1 fully saturated rings. The maximum absolute atomic E-state index is 5.45. The number of ether oxygens (including phenoxy) is 1. The molecule has 1 rings (SSSR count). The van der Waals surface area contributed by atoms with E-state index >= 15 is 0 Å². The summed E-state index contributed by atoms with van der Waals surface area (Å²) in [4.78, 5) is 4.39. The summed E-state index contributed by atoms with van der Waals surface area (Å²) < 4.78 is 4.94. The number of nitrogens with one attached hydrogen (secondary N) is 1. The van der Waals surface area contributed by atoms with Crippen molar-refractivity contribution in [1.82, 2.24) is 5.43 Å². The van der Waals surface area contributed by atoms with Gasteiger partial charge in [-0.1, -0.05) is 6.42 Å². The zero-order valence-corrected chi connectivity index (χ0v) is 9.48. The Morgan fingerprint density at radius 1 is 1.64 bits per heavy atom. The van der Waals surface area contributed by atoms with Crippen LogP contribution in [0.5, 0.6) is 0 Å². The van der Waals surface area contributed by atoms with Gasteiger partial charge in [-0.3, -0.25) is 4.99 Å². The van der Waals surface area contributed by atoms with E-state index in [9.17, 15) is 0 Å². The van der Waals surface area contributed by atoms with Crippen LogP contribution in [0.15, 0.2) is 4.99 Å². The minimum atomic E-state index is 0.464. The van der Waals surface area contributed by atoms with Gasteiger partial charge in [0.2, 0.25) is 0 Å². The molecule has 1 saturated heterocycles. The molecule has 5 heteroatoms. The van der Waals surface area contributed by atoms with Gasteiger partial charge >= 0.3 is 0 Å². The Hall–Kier alpha value is -0.260. The molecular weight excluding hydrogens is 198 g/mol. The van der Waals surface area contributed by atoms with Crippen molar-refractivity contribution in [1.29, 1.82) is 0 Å². The quantitative estimate of drug-likeness (QED) is 0.240. The molecule has 0 bridgehead atoms. The molecule has 1 atom stereocenters. The number of rotatable bonds is 4. The first kappa shape index (κ1) is 11.8. The fraction of sp³-hybridized carbons (Fsp3) is 0.889. The minimum Gasteiger partial charge on any atom is -0.383 e. The first-order valence-electron chi connectivity index (χ1n) is 5.00. The number of hydrogen-bond donors (Lipinski definition) is 2. The molecule has 0 aliphatic carbocycles. The molecule has 0 aromatic rings. The fourth-order valence-corrected chi connectivity index (χ4v) is 2.74. The maximum atomic E-state index is 5.45. The van der Waals surface area contributed by atoms with E-state index in [1.807, 2.05) is 11.8 Å². The number of hydrazine groups is 1. The van der Waals surface area contributed by atoms with Gasteiger partial charge in [0.25, 0.3) is 0 Å². The van der Waals surface area contributed by atoms with Crippen molar-refractivity contribution in [3.05, 3.63) is 0 Å². The van der Waals surface area contributed by atoms with Gasteiger partial charge in [0, 0.05) is 7.11 Å². The maximum Gasteiger partial charge on any atom is 0.124 e. The summed E-state index contributed by atoms with van der Waals surface area (Å²) in [7, 11) is 1.68. The third-order valence-electron chi connectivity index (χ3n) is 2.21. The van der Waals surface area contributed by atoms with Crippen molar-refractivity contribution in [2.75, 3.05) is 26.0 Å². The summed E-state index contributed by atoms with van der Waals surface area (Å²) in [5.41, 5.74) is 2.70. The molecule has 3 N–H and O–H groups in total. The minimum absolute atomic E-state index is 0.464. The summed E-state index contributed by atoms with van der Waals surface area (Å²) in [6, 6.07) is 0. The third kappa shape index (κ3) is 3.86. The van der Waals surface area contributed by atoms with Crippen LogP contribution in [0, 0.1) is 0 Å². The molecule has 0 spiro atoms. The van der Waals surface area contributed by atoms with E-state index in [0.29, 0.717) is 18.4 Å². The lowest BCUT2D eigenvalue weighted by Gasteiger charge is -2.22. The van der Waals surface area contributed by atoms with Gasteiger partial charge in [-0.05, 0) is 18.6 Å². The van der Waals surface area contributed by atoms with E-state index in [1.54, 1.807) is 7.11 Å². The van der Waals surface area contributed by atoms with Crippen LogP contribution in [-0.2, 0) is 4.74 Å². The summed E-state index contributed by atoms with van der Waals surface area (Å²) in [5, 5.41) is 0.464.